The van der Waals surface area contributed by atoms with Gasteiger partial charge in [-0.25, -0.2) is 0 Å². The molecule has 2 N–H and O–H groups in total. The Kier molecular flexibility index (Phi) is 3.69. The number of hydrogen-bond acceptors (Lipinski definition) is 4. The van der Waals surface area contributed by atoms with Crippen molar-refractivity contribution in [3.63, 3.8) is 0 Å². The number of benzene rings is 1. The molecule has 1 saturated heterocycles. The van der Waals surface area contributed by atoms with E-state index >= 15 is 0 Å². The summed E-state index contributed by atoms with van der Waals surface area (Å²) in [5.41, 5.74) is 7.14. The van der Waals surface area contributed by atoms with Crippen LogP contribution in [0.3, 0.4) is 0 Å². The molecule has 1 aliphatic heterocycles. The Morgan fingerprint density at radius 2 is 2.28 bits per heavy atom. The Morgan fingerprint density at radius 3 is 2.94 bits per heavy atom. The molecule has 0 radical (unpaired) electrons. The molecule has 1 atom stereocenters. The van der Waals surface area contributed by atoms with Crippen LogP contribution in [0.15, 0.2) is 18.2 Å². The number of non-ortho nitro benzene ring substituents is 1. The fourth-order valence-electron chi connectivity index (χ4n) is 2.54. The van der Waals surface area contributed by atoms with Crippen LogP contribution >= 0.6 is 0 Å². The molecule has 0 amide bonds. The quantitative estimate of drug-likeness (QED) is 0.508. The van der Waals surface area contributed by atoms with E-state index in [1.807, 2.05) is 6.07 Å². The molecule has 1 unspecified atom stereocenters. The van der Waals surface area contributed by atoms with Crippen molar-refractivity contribution < 1.29 is 4.92 Å². The maximum atomic E-state index is 10.8. The van der Waals surface area contributed by atoms with Crippen molar-refractivity contribution >= 4 is 17.1 Å². The van der Waals surface area contributed by atoms with Gasteiger partial charge in [0.2, 0.25) is 0 Å². The van der Waals surface area contributed by atoms with Gasteiger partial charge in [-0.3, -0.25) is 10.1 Å². The predicted molar refractivity (Wildman–Crippen MR) is 72.7 cm³/mol. The molecule has 1 aromatic rings. The molecule has 5 heteroatoms. The highest BCUT2D eigenvalue weighted by molar-refractivity contribution is 5.62. The zero-order valence-corrected chi connectivity index (χ0v) is 10.6. The lowest BCUT2D eigenvalue weighted by Crippen LogP contribution is -2.35. The van der Waals surface area contributed by atoms with Gasteiger partial charge in [0.25, 0.3) is 5.69 Å². The summed E-state index contributed by atoms with van der Waals surface area (Å²) in [6, 6.07) is 4.85. The summed E-state index contributed by atoms with van der Waals surface area (Å²) in [5, 5.41) is 10.8. The zero-order valence-electron chi connectivity index (χ0n) is 10.6. The highest BCUT2D eigenvalue weighted by atomic mass is 16.6. The Bertz CT molecular complexity index is 448. The summed E-state index contributed by atoms with van der Waals surface area (Å²) < 4.78 is 0. The SMILES string of the molecule is CCC1CCCN(c2cc(N)cc([N+](=O)[O-])c2)C1. The van der Waals surface area contributed by atoms with E-state index in [-0.39, 0.29) is 10.6 Å². The van der Waals surface area contributed by atoms with Crippen LogP contribution in [0.1, 0.15) is 26.2 Å². The van der Waals surface area contributed by atoms with Crippen molar-refractivity contribution in [2.75, 3.05) is 23.7 Å². The van der Waals surface area contributed by atoms with Crippen molar-refractivity contribution in [1.82, 2.24) is 0 Å². The Labute approximate surface area is 107 Å². The zero-order chi connectivity index (χ0) is 13.1. The molecule has 1 fully saturated rings. The highest BCUT2D eigenvalue weighted by Crippen LogP contribution is 2.29. The second kappa shape index (κ2) is 5.25. The van der Waals surface area contributed by atoms with Crippen molar-refractivity contribution in [2.45, 2.75) is 26.2 Å². The van der Waals surface area contributed by atoms with Gasteiger partial charge in [-0.1, -0.05) is 13.3 Å². The molecule has 2 rings (SSSR count). The first-order valence-electron chi connectivity index (χ1n) is 6.40. The molecule has 5 nitrogen and oxygen atoms in total. The topological polar surface area (TPSA) is 72.4 Å². The molecule has 0 aromatic heterocycles. The number of rotatable bonds is 3. The van der Waals surface area contributed by atoms with Gasteiger partial charge >= 0.3 is 0 Å². The van der Waals surface area contributed by atoms with Gasteiger partial charge in [0, 0.05) is 36.6 Å². The second-order valence-corrected chi connectivity index (χ2v) is 4.90. The molecule has 0 bridgehead atoms. The molecule has 0 spiro atoms. The van der Waals surface area contributed by atoms with E-state index < -0.39 is 0 Å². The Hall–Kier alpha value is -1.78. The average Bonchev–Trinajstić information content (AvgIpc) is 2.38. The van der Waals surface area contributed by atoms with E-state index in [1.165, 1.54) is 12.5 Å². The summed E-state index contributed by atoms with van der Waals surface area (Å²) in [5.74, 6) is 0.680. The predicted octanol–water partition coefficient (Wildman–Crippen LogP) is 2.80. The van der Waals surface area contributed by atoms with E-state index in [4.69, 9.17) is 5.73 Å². The van der Waals surface area contributed by atoms with Crippen molar-refractivity contribution in [1.29, 1.82) is 0 Å². The molecule has 0 aliphatic carbocycles. The van der Waals surface area contributed by atoms with Gasteiger partial charge in [0.05, 0.1) is 4.92 Å². The fraction of sp³-hybridized carbons (Fsp3) is 0.538. The first kappa shape index (κ1) is 12.7. The molecule has 18 heavy (non-hydrogen) atoms. The van der Waals surface area contributed by atoms with Crippen molar-refractivity contribution in [3.8, 4) is 0 Å². The van der Waals surface area contributed by atoms with Crippen LogP contribution in [0.2, 0.25) is 0 Å². The molecule has 98 valence electrons. The van der Waals surface area contributed by atoms with Crippen LogP contribution < -0.4 is 10.6 Å². The minimum Gasteiger partial charge on any atom is -0.398 e. The van der Waals surface area contributed by atoms with Crippen molar-refractivity contribution in [2.24, 2.45) is 5.92 Å². The van der Waals surface area contributed by atoms with Gasteiger partial charge in [-0.05, 0) is 24.8 Å². The first-order chi connectivity index (χ1) is 8.60. The number of nitrogens with two attached hydrogens (primary N) is 1. The lowest BCUT2D eigenvalue weighted by molar-refractivity contribution is -0.384. The number of anilines is 2. The van der Waals surface area contributed by atoms with Crippen LogP contribution in [0, 0.1) is 16.0 Å². The highest BCUT2D eigenvalue weighted by Gasteiger charge is 2.20. The van der Waals surface area contributed by atoms with Gasteiger partial charge in [-0.2, -0.15) is 0 Å². The van der Waals surface area contributed by atoms with Crippen LogP contribution in [-0.2, 0) is 0 Å². The molecule has 0 saturated carbocycles. The summed E-state index contributed by atoms with van der Waals surface area (Å²) in [6.45, 7) is 4.12. The van der Waals surface area contributed by atoms with E-state index in [9.17, 15) is 10.1 Å². The molecular weight excluding hydrogens is 230 g/mol. The lowest BCUT2D eigenvalue weighted by atomic mass is 9.95. The second-order valence-electron chi connectivity index (χ2n) is 4.90. The van der Waals surface area contributed by atoms with Crippen molar-refractivity contribution in [3.05, 3.63) is 28.3 Å². The number of piperidine rings is 1. The summed E-state index contributed by atoms with van der Waals surface area (Å²) in [7, 11) is 0. The number of nitrogens with zero attached hydrogens (tertiary/aromatic N) is 2. The molecule has 1 aromatic carbocycles. The van der Waals surface area contributed by atoms with Crippen LogP contribution in [0.25, 0.3) is 0 Å². The number of hydrogen-bond donors (Lipinski definition) is 1. The average molecular weight is 249 g/mol. The fourth-order valence-corrected chi connectivity index (χ4v) is 2.54. The van der Waals surface area contributed by atoms with Gasteiger partial charge < -0.3 is 10.6 Å². The van der Waals surface area contributed by atoms with E-state index in [0.29, 0.717) is 11.6 Å². The monoisotopic (exact) mass is 249 g/mol. The molecular formula is C13H19N3O2. The molecule has 1 heterocycles. The summed E-state index contributed by atoms with van der Waals surface area (Å²) in [6.07, 6.45) is 3.54. The maximum absolute atomic E-state index is 10.8. The largest absolute Gasteiger partial charge is 0.398 e. The molecule has 1 aliphatic rings. The minimum absolute atomic E-state index is 0.0728. The van der Waals surface area contributed by atoms with Crippen LogP contribution in [0.4, 0.5) is 17.1 Å². The normalized spacial score (nSPS) is 19.8. The third-order valence-electron chi connectivity index (χ3n) is 3.60. The number of nitro groups is 1. The Morgan fingerprint density at radius 1 is 1.50 bits per heavy atom. The lowest BCUT2D eigenvalue weighted by Gasteiger charge is -2.34. The minimum atomic E-state index is -0.388. The van der Waals surface area contributed by atoms with Crippen LogP contribution in [0.5, 0.6) is 0 Å². The van der Waals surface area contributed by atoms with Gasteiger partial charge in [-0.15, -0.1) is 0 Å². The van der Waals surface area contributed by atoms with Gasteiger partial charge in [0.15, 0.2) is 0 Å². The van der Waals surface area contributed by atoms with Gasteiger partial charge in [0.1, 0.15) is 0 Å². The van der Waals surface area contributed by atoms with E-state index in [1.54, 1.807) is 6.07 Å². The maximum Gasteiger partial charge on any atom is 0.273 e. The number of nitro benzene ring substituents is 1. The smallest absolute Gasteiger partial charge is 0.273 e. The van der Waals surface area contributed by atoms with E-state index in [0.717, 1.165) is 31.6 Å². The standard InChI is InChI=1S/C13H19N3O2/c1-2-10-4-3-5-15(9-10)12-6-11(14)7-13(8-12)16(17)18/h6-8,10H,2-5,9,14H2,1H3. The number of nitrogen functional groups attached to an aromatic ring is 1. The van der Waals surface area contributed by atoms with Crippen LogP contribution in [-0.4, -0.2) is 18.0 Å². The third kappa shape index (κ3) is 2.72. The third-order valence-corrected chi connectivity index (χ3v) is 3.60. The Balaban J connectivity index is 2.24. The first-order valence-corrected chi connectivity index (χ1v) is 6.40. The summed E-state index contributed by atoms with van der Waals surface area (Å²) in [4.78, 5) is 12.7. The van der Waals surface area contributed by atoms with E-state index in [2.05, 4.69) is 11.8 Å². The summed E-state index contributed by atoms with van der Waals surface area (Å²) >= 11 is 0.